The molecule has 180 valence electrons. The molecule has 6 heterocycles. The first-order valence-corrected chi connectivity index (χ1v) is 12.5. The molecular weight excluding hydrogens is 466 g/mol. The smallest absolute Gasteiger partial charge is 0.245 e. The summed E-state index contributed by atoms with van der Waals surface area (Å²) in [6.07, 6.45) is 7.73. The molecule has 6 rings (SSSR count). The van der Waals surface area contributed by atoms with E-state index in [9.17, 15) is 9.59 Å². The Morgan fingerprint density at radius 1 is 1.14 bits per heavy atom. The van der Waals surface area contributed by atoms with Crippen LogP contribution in [0.25, 0.3) is 27.7 Å². The summed E-state index contributed by atoms with van der Waals surface area (Å²) in [6.45, 7) is 3.56. The molecule has 0 aromatic carbocycles. The Kier molecular flexibility index (Phi) is 5.44. The van der Waals surface area contributed by atoms with E-state index >= 15 is 0 Å². The van der Waals surface area contributed by atoms with Crippen molar-refractivity contribution in [3.8, 4) is 11.1 Å². The van der Waals surface area contributed by atoms with Crippen molar-refractivity contribution in [2.75, 3.05) is 19.6 Å². The van der Waals surface area contributed by atoms with Crippen molar-refractivity contribution in [3.05, 3.63) is 48.5 Å². The zero-order valence-electron chi connectivity index (χ0n) is 19.4. The van der Waals surface area contributed by atoms with Gasteiger partial charge in [0.15, 0.2) is 0 Å². The van der Waals surface area contributed by atoms with Gasteiger partial charge >= 0.3 is 0 Å². The van der Waals surface area contributed by atoms with E-state index in [2.05, 4.69) is 26.2 Å². The zero-order chi connectivity index (χ0) is 24.1. The summed E-state index contributed by atoms with van der Waals surface area (Å²) in [7, 11) is 0. The number of halogens is 1. The van der Waals surface area contributed by atoms with Crippen LogP contribution in [0, 0.1) is 0 Å². The first-order chi connectivity index (χ1) is 17.0. The SMILES string of the molecule is C[C@@H](Cl)C(=O)N1CCC[C@@H]1C(=O)N1CCC(c2cc3c(-c4cnn5ncccc45)ccnc3[nH]2)C1. The van der Waals surface area contributed by atoms with Gasteiger partial charge in [-0.1, -0.05) is 0 Å². The number of likely N-dealkylation sites (tertiary alicyclic amines) is 2. The van der Waals surface area contributed by atoms with Crippen molar-refractivity contribution in [3.63, 3.8) is 0 Å². The Morgan fingerprint density at radius 2 is 2.03 bits per heavy atom. The van der Waals surface area contributed by atoms with Crippen LogP contribution in [0.1, 0.15) is 37.8 Å². The predicted octanol–water partition coefficient (Wildman–Crippen LogP) is 3.21. The maximum absolute atomic E-state index is 13.3. The van der Waals surface area contributed by atoms with Crippen LogP contribution in [0.5, 0.6) is 0 Å². The number of pyridine rings is 1. The maximum atomic E-state index is 13.3. The van der Waals surface area contributed by atoms with Gasteiger partial charge in [-0.3, -0.25) is 9.59 Å². The molecule has 0 bridgehead atoms. The molecule has 4 aromatic heterocycles. The van der Waals surface area contributed by atoms with Crippen LogP contribution in [0.15, 0.2) is 42.9 Å². The van der Waals surface area contributed by atoms with Gasteiger partial charge in [0.1, 0.15) is 17.1 Å². The lowest BCUT2D eigenvalue weighted by atomic mass is 10.0. The first-order valence-electron chi connectivity index (χ1n) is 12.0. The Labute approximate surface area is 207 Å². The van der Waals surface area contributed by atoms with Crippen LogP contribution in [0.2, 0.25) is 0 Å². The fourth-order valence-electron chi connectivity index (χ4n) is 5.48. The minimum absolute atomic E-state index is 0.0319. The highest BCUT2D eigenvalue weighted by Gasteiger charge is 2.40. The van der Waals surface area contributed by atoms with Gasteiger partial charge in [0, 0.05) is 54.6 Å². The summed E-state index contributed by atoms with van der Waals surface area (Å²) in [5.41, 5.74) is 4.86. The van der Waals surface area contributed by atoms with E-state index in [0.717, 1.165) is 46.2 Å². The molecule has 0 aliphatic carbocycles. The molecule has 0 saturated carbocycles. The lowest BCUT2D eigenvalue weighted by Crippen LogP contribution is -2.48. The number of alkyl halides is 1. The van der Waals surface area contributed by atoms with Crippen LogP contribution < -0.4 is 0 Å². The third-order valence-corrected chi connectivity index (χ3v) is 7.43. The zero-order valence-corrected chi connectivity index (χ0v) is 20.1. The topological polar surface area (TPSA) is 99.5 Å². The molecule has 2 saturated heterocycles. The summed E-state index contributed by atoms with van der Waals surface area (Å²) in [4.78, 5) is 37.4. The largest absolute Gasteiger partial charge is 0.343 e. The molecule has 10 heteroatoms. The van der Waals surface area contributed by atoms with Gasteiger partial charge in [0.25, 0.3) is 0 Å². The normalized spacial score (nSPS) is 21.3. The van der Waals surface area contributed by atoms with E-state index in [1.165, 1.54) is 0 Å². The van der Waals surface area contributed by atoms with Crippen LogP contribution in [0.4, 0.5) is 0 Å². The molecule has 4 aromatic rings. The maximum Gasteiger partial charge on any atom is 0.245 e. The molecule has 9 nitrogen and oxygen atoms in total. The molecule has 1 N–H and O–H groups in total. The monoisotopic (exact) mass is 491 g/mol. The van der Waals surface area contributed by atoms with E-state index in [4.69, 9.17) is 11.6 Å². The highest BCUT2D eigenvalue weighted by atomic mass is 35.5. The van der Waals surface area contributed by atoms with E-state index in [1.54, 1.807) is 28.8 Å². The number of carbonyl (C=O) groups excluding carboxylic acids is 2. The molecule has 2 aliphatic heterocycles. The minimum atomic E-state index is -0.619. The van der Waals surface area contributed by atoms with Crippen molar-refractivity contribution in [1.82, 2.24) is 34.6 Å². The van der Waals surface area contributed by atoms with Gasteiger partial charge in [-0.25, -0.2) is 4.98 Å². The average molecular weight is 492 g/mol. The van der Waals surface area contributed by atoms with Gasteiger partial charge in [0.05, 0.1) is 11.7 Å². The Morgan fingerprint density at radius 3 is 2.89 bits per heavy atom. The molecule has 35 heavy (non-hydrogen) atoms. The van der Waals surface area contributed by atoms with Gasteiger partial charge in [-0.2, -0.15) is 14.8 Å². The van der Waals surface area contributed by atoms with Gasteiger partial charge in [-0.05, 0) is 56.0 Å². The number of nitrogens with one attached hydrogen (secondary N) is 1. The van der Waals surface area contributed by atoms with E-state index in [0.29, 0.717) is 26.1 Å². The second-order valence-electron chi connectivity index (χ2n) is 9.38. The van der Waals surface area contributed by atoms with Crippen molar-refractivity contribution >= 4 is 40.0 Å². The molecule has 0 radical (unpaired) electrons. The van der Waals surface area contributed by atoms with E-state index in [1.807, 2.05) is 29.3 Å². The van der Waals surface area contributed by atoms with Crippen molar-refractivity contribution in [2.24, 2.45) is 0 Å². The quantitative estimate of drug-likeness (QED) is 0.442. The summed E-state index contributed by atoms with van der Waals surface area (Å²) in [5, 5.41) is 9.05. The first kappa shape index (κ1) is 22.0. The Bertz CT molecular complexity index is 1430. The summed E-state index contributed by atoms with van der Waals surface area (Å²) < 4.78 is 1.62. The number of hydrogen-bond acceptors (Lipinski definition) is 5. The van der Waals surface area contributed by atoms with Crippen molar-refractivity contribution in [2.45, 2.75) is 43.5 Å². The Balaban J connectivity index is 1.25. The summed E-state index contributed by atoms with van der Waals surface area (Å²) in [5.74, 6) is 0.0592. The molecule has 0 spiro atoms. The highest BCUT2D eigenvalue weighted by molar-refractivity contribution is 6.30. The van der Waals surface area contributed by atoms with Gasteiger partial charge in [-0.15, -0.1) is 11.6 Å². The number of hydrogen-bond donors (Lipinski definition) is 1. The lowest BCUT2D eigenvalue weighted by Gasteiger charge is -2.28. The number of nitrogens with zero attached hydrogens (tertiary/aromatic N) is 6. The average Bonchev–Trinajstić information content (AvgIpc) is 3.66. The number of carbonyl (C=O) groups is 2. The number of H-pyrrole nitrogens is 1. The van der Waals surface area contributed by atoms with Crippen LogP contribution >= 0.6 is 11.6 Å². The minimum Gasteiger partial charge on any atom is -0.343 e. The van der Waals surface area contributed by atoms with E-state index < -0.39 is 11.4 Å². The lowest BCUT2D eigenvalue weighted by molar-refractivity contribution is -0.142. The number of rotatable bonds is 4. The van der Waals surface area contributed by atoms with Gasteiger partial charge < -0.3 is 14.8 Å². The summed E-state index contributed by atoms with van der Waals surface area (Å²) in [6, 6.07) is 7.65. The van der Waals surface area contributed by atoms with Crippen LogP contribution in [0.3, 0.4) is 0 Å². The van der Waals surface area contributed by atoms with E-state index in [-0.39, 0.29) is 17.7 Å². The molecular formula is C25H26ClN7O2. The summed E-state index contributed by atoms with van der Waals surface area (Å²) >= 11 is 6.03. The van der Waals surface area contributed by atoms with Gasteiger partial charge in [0.2, 0.25) is 11.8 Å². The number of aromatic nitrogens is 5. The third-order valence-electron chi connectivity index (χ3n) is 7.25. The number of aromatic amines is 1. The highest BCUT2D eigenvalue weighted by Crippen LogP contribution is 2.35. The standard InChI is InChI=1S/C25H26ClN7O2/c1-15(26)24(34)32-10-3-5-22(32)25(35)31-11-7-16(14-31)20-12-18-17(6-9-27-23(18)30-20)19-13-29-33-21(19)4-2-8-28-33/h2,4,6,8-9,12-13,15-16,22H,3,5,7,10-11,14H2,1H3,(H,27,30)/t15-,16?,22-/m1/s1. The molecule has 1 unspecified atom stereocenters. The second kappa shape index (κ2) is 8.64. The van der Waals surface area contributed by atoms with Crippen LogP contribution in [-0.4, -0.2) is 77.5 Å². The fourth-order valence-corrected chi connectivity index (χ4v) is 5.61. The molecule has 3 atom stereocenters. The molecule has 2 fully saturated rings. The third kappa shape index (κ3) is 3.74. The van der Waals surface area contributed by atoms with Crippen molar-refractivity contribution in [1.29, 1.82) is 0 Å². The van der Waals surface area contributed by atoms with Crippen LogP contribution in [-0.2, 0) is 9.59 Å². The fraction of sp³-hybridized carbons (Fsp3) is 0.400. The molecule has 2 aliphatic rings. The number of amides is 2. The Hall–Kier alpha value is -3.46. The molecule has 2 amide bonds. The predicted molar refractivity (Wildman–Crippen MR) is 132 cm³/mol. The second-order valence-corrected chi connectivity index (χ2v) is 10.0. The van der Waals surface area contributed by atoms with Crippen molar-refractivity contribution < 1.29 is 9.59 Å². The number of fused-ring (bicyclic) bond motifs is 2.